The van der Waals surface area contributed by atoms with Crippen molar-refractivity contribution in [1.29, 1.82) is 0 Å². The van der Waals surface area contributed by atoms with Gasteiger partial charge in [0.15, 0.2) is 11.4 Å². The second-order valence-corrected chi connectivity index (χ2v) is 11.5. The number of amides is 1. The van der Waals surface area contributed by atoms with Crippen LogP contribution in [0, 0.1) is 0 Å². The van der Waals surface area contributed by atoms with Gasteiger partial charge in [-0.05, 0) is 37.8 Å². The molecule has 1 saturated heterocycles. The molecule has 0 spiro atoms. The highest BCUT2D eigenvalue weighted by atomic mass is 32.2. The first-order valence-electron chi connectivity index (χ1n) is 11.3. The number of oxazole rings is 1. The van der Waals surface area contributed by atoms with E-state index < -0.39 is 15.8 Å². The summed E-state index contributed by atoms with van der Waals surface area (Å²) < 4.78 is 38.9. The average molecular weight is 490 g/mol. The Bertz CT molecular complexity index is 1410. The summed E-state index contributed by atoms with van der Waals surface area (Å²) in [4.78, 5) is 30.8. The predicted octanol–water partition coefficient (Wildman–Crippen LogP) is 1.59. The maximum atomic E-state index is 13.0. The molecule has 0 N–H and O–H groups in total. The third-order valence-corrected chi connectivity index (χ3v) is 8.76. The van der Waals surface area contributed by atoms with Crippen LogP contribution >= 0.6 is 0 Å². The molecule has 0 atom stereocenters. The molecule has 1 saturated carbocycles. The summed E-state index contributed by atoms with van der Waals surface area (Å²) in [5.41, 5.74) is 0.389. The van der Waals surface area contributed by atoms with Gasteiger partial charge in [0.05, 0.1) is 17.0 Å². The fourth-order valence-electron chi connectivity index (χ4n) is 4.28. The largest absolute Gasteiger partial charge is 0.419 e. The third kappa shape index (κ3) is 3.94. The van der Waals surface area contributed by atoms with Crippen LogP contribution in [0.4, 0.5) is 0 Å². The number of carbonyl (C=O) groups is 1. The number of fused-ring (bicyclic) bond motifs is 1. The minimum absolute atomic E-state index is 0.0422. The lowest BCUT2D eigenvalue weighted by Gasteiger charge is -2.37. The van der Waals surface area contributed by atoms with Crippen LogP contribution in [0.5, 0.6) is 0 Å². The monoisotopic (exact) mass is 489 g/mol. The van der Waals surface area contributed by atoms with E-state index >= 15 is 0 Å². The second-order valence-electron chi connectivity index (χ2n) is 9.49. The van der Waals surface area contributed by atoms with Crippen molar-refractivity contribution in [3.05, 3.63) is 40.5 Å². The van der Waals surface area contributed by atoms with Crippen molar-refractivity contribution in [2.75, 3.05) is 26.7 Å². The average Bonchev–Trinajstić information content (AvgIpc) is 3.46. The molecule has 2 aromatic heterocycles. The summed E-state index contributed by atoms with van der Waals surface area (Å²) in [6, 6.07) is 4.22. The zero-order valence-electron chi connectivity index (χ0n) is 19.4. The molecular weight excluding hydrogens is 462 g/mol. The number of aryl methyl sites for hydroxylation is 1. The second kappa shape index (κ2) is 8.05. The fourth-order valence-corrected chi connectivity index (χ4v) is 5.42. The molecule has 1 aliphatic heterocycles. The van der Waals surface area contributed by atoms with Crippen LogP contribution in [0.1, 0.15) is 50.2 Å². The topological polar surface area (TPSA) is 132 Å². The number of benzene rings is 1. The molecule has 0 unspecified atom stereocenters. The summed E-state index contributed by atoms with van der Waals surface area (Å²) in [7, 11) is -1.04. The molecule has 1 amide bonds. The lowest BCUT2D eigenvalue weighted by molar-refractivity contribution is -0.132. The molecule has 1 aromatic carbocycles. The zero-order valence-corrected chi connectivity index (χ0v) is 20.2. The summed E-state index contributed by atoms with van der Waals surface area (Å²) in [6.07, 6.45) is 3.51. The van der Waals surface area contributed by atoms with Crippen molar-refractivity contribution in [1.82, 2.24) is 23.9 Å². The summed E-state index contributed by atoms with van der Waals surface area (Å²) in [6.45, 7) is 2.75. The van der Waals surface area contributed by atoms with Crippen LogP contribution in [0.2, 0.25) is 0 Å². The number of carbonyl (C=O) groups excluding carboxylic acids is 1. The van der Waals surface area contributed by atoms with Crippen LogP contribution in [-0.4, -0.2) is 64.9 Å². The van der Waals surface area contributed by atoms with E-state index in [0.717, 1.165) is 17.1 Å². The Balaban J connectivity index is 1.23. The minimum atomic E-state index is -3.95. The normalized spacial score (nSPS) is 18.6. The van der Waals surface area contributed by atoms with E-state index in [9.17, 15) is 18.0 Å². The molecule has 34 heavy (non-hydrogen) atoms. The third-order valence-electron chi connectivity index (χ3n) is 6.96. The quantitative estimate of drug-likeness (QED) is 0.510. The number of hydrogen-bond acceptors (Lipinski definition) is 8. The molecule has 2 fully saturated rings. The van der Waals surface area contributed by atoms with Gasteiger partial charge in [-0.1, -0.05) is 12.1 Å². The fraction of sp³-hybridized carbons (Fsp3) is 0.545. The number of sulfonamides is 1. The van der Waals surface area contributed by atoms with E-state index in [1.807, 2.05) is 0 Å². The highest BCUT2D eigenvalue weighted by molar-refractivity contribution is 7.89. The van der Waals surface area contributed by atoms with Gasteiger partial charge in [-0.25, -0.2) is 13.2 Å². The highest BCUT2D eigenvalue weighted by Crippen LogP contribution is 2.41. The molecule has 0 bridgehead atoms. The zero-order chi connectivity index (χ0) is 24.3. The Hall–Kier alpha value is -2.99. The number of rotatable bonds is 6. The molecule has 5 rings (SSSR count). The van der Waals surface area contributed by atoms with E-state index in [1.54, 1.807) is 11.9 Å². The molecule has 3 heterocycles. The van der Waals surface area contributed by atoms with Gasteiger partial charge in [0, 0.05) is 44.6 Å². The molecule has 12 heteroatoms. The molecular formula is C22H27N5O6S. The van der Waals surface area contributed by atoms with E-state index in [1.165, 1.54) is 29.8 Å². The Morgan fingerprint density at radius 1 is 1.26 bits per heavy atom. The van der Waals surface area contributed by atoms with Crippen molar-refractivity contribution < 1.29 is 22.2 Å². The van der Waals surface area contributed by atoms with Crippen LogP contribution in [-0.2, 0) is 27.3 Å². The number of likely N-dealkylation sites (N-methyl/N-ethyl adjacent to an activating group) is 1. The van der Waals surface area contributed by atoms with E-state index in [4.69, 9.17) is 8.94 Å². The highest BCUT2D eigenvalue weighted by Gasteiger charge is 2.39. The Kier molecular flexibility index (Phi) is 5.40. The Morgan fingerprint density at radius 3 is 2.65 bits per heavy atom. The van der Waals surface area contributed by atoms with Gasteiger partial charge in [0.1, 0.15) is 0 Å². The van der Waals surface area contributed by atoms with Crippen molar-refractivity contribution in [2.45, 2.75) is 48.8 Å². The summed E-state index contributed by atoms with van der Waals surface area (Å²) in [5.74, 6) is 0.934. The van der Waals surface area contributed by atoms with Crippen LogP contribution in [0.25, 0.3) is 11.1 Å². The van der Waals surface area contributed by atoms with Gasteiger partial charge in [0.2, 0.25) is 21.8 Å². The number of hydrogen-bond donors (Lipinski definition) is 0. The number of likely N-dealkylation sites (tertiary alicyclic amines) is 1. The molecule has 182 valence electrons. The van der Waals surface area contributed by atoms with Gasteiger partial charge in [-0.3, -0.25) is 9.36 Å². The first-order chi connectivity index (χ1) is 16.1. The SMILES string of the molecule is CN(CC(=O)N1CCC(C)(c2noc(C3CC3)n2)CC1)S(=O)(=O)c1ccc2c(c1)oc(=O)n2C. The van der Waals surface area contributed by atoms with Gasteiger partial charge < -0.3 is 13.8 Å². The van der Waals surface area contributed by atoms with Crippen molar-refractivity contribution >= 4 is 27.0 Å². The van der Waals surface area contributed by atoms with E-state index in [-0.39, 0.29) is 28.3 Å². The van der Waals surface area contributed by atoms with Gasteiger partial charge >= 0.3 is 5.76 Å². The first kappa shape index (κ1) is 22.8. The van der Waals surface area contributed by atoms with Crippen LogP contribution in [0.15, 0.2) is 36.8 Å². The van der Waals surface area contributed by atoms with Crippen molar-refractivity contribution in [2.24, 2.45) is 7.05 Å². The van der Waals surface area contributed by atoms with Gasteiger partial charge in [0.25, 0.3) is 0 Å². The predicted molar refractivity (Wildman–Crippen MR) is 121 cm³/mol. The molecule has 0 radical (unpaired) electrons. The lowest BCUT2D eigenvalue weighted by atomic mass is 9.79. The van der Waals surface area contributed by atoms with Crippen LogP contribution < -0.4 is 5.76 Å². The number of aromatic nitrogens is 3. The van der Waals surface area contributed by atoms with Crippen molar-refractivity contribution in [3.63, 3.8) is 0 Å². The Morgan fingerprint density at radius 2 is 1.97 bits per heavy atom. The number of piperidine rings is 1. The number of nitrogens with zero attached hydrogens (tertiary/aromatic N) is 5. The first-order valence-corrected chi connectivity index (χ1v) is 12.7. The molecule has 11 nitrogen and oxygen atoms in total. The minimum Gasteiger partial charge on any atom is -0.408 e. The van der Waals surface area contributed by atoms with Gasteiger partial charge in [-0.2, -0.15) is 9.29 Å². The van der Waals surface area contributed by atoms with Gasteiger partial charge in [-0.15, -0.1) is 0 Å². The summed E-state index contributed by atoms with van der Waals surface area (Å²) in [5, 5.41) is 4.18. The van der Waals surface area contributed by atoms with E-state index in [2.05, 4.69) is 17.1 Å². The molecule has 1 aliphatic carbocycles. The maximum Gasteiger partial charge on any atom is 0.419 e. The Labute approximate surface area is 196 Å². The molecule has 2 aliphatic rings. The summed E-state index contributed by atoms with van der Waals surface area (Å²) >= 11 is 0. The smallest absolute Gasteiger partial charge is 0.408 e. The maximum absolute atomic E-state index is 13.0. The molecule has 3 aromatic rings. The van der Waals surface area contributed by atoms with Crippen LogP contribution in [0.3, 0.4) is 0 Å². The van der Waals surface area contributed by atoms with E-state index in [0.29, 0.717) is 49.1 Å². The standard InChI is InChI=1S/C22H27N5O6S/c1-22(20-23-19(33-24-20)14-4-5-14)8-10-27(11-9-22)18(28)13-25(2)34(30,31)15-6-7-16-17(12-15)32-21(29)26(16)3/h6-7,12,14H,4-5,8-11,13H2,1-3H3. The lowest BCUT2D eigenvalue weighted by Crippen LogP contribution is -2.48. The van der Waals surface area contributed by atoms with Crippen molar-refractivity contribution in [3.8, 4) is 0 Å².